The van der Waals surface area contributed by atoms with Crippen LogP contribution in [-0.4, -0.2) is 19.7 Å². The van der Waals surface area contributed by atoms with Crippen LogP contribution < -0.4 is 4.74 Å². The van der Waals surface area contributed by atoms with Gasteiger partial charge in [-0.15, -0.1) is 10.2 Å². The number of benzene rings is 1. The first-order valence-electron chi connectivity index (χ1n) is 7.40. The maximum atomic E-state index is 13.8. The Balaban J connectivity index is 2.00. The van der Waals surface area contributed by atoms with Crippen molar-refractivity contribution in [3.63, 3.8) is 0 Å². The third-order valence-electron chi connectivity index (χ3n) is 3.55. The summed E-state index contributed by atoms with van der Waals surface area (Å²) in [5, 5.41) is 8.42. The first kappa shape index (κ1) is 17.9. The maximum absolute atomic E-state index is 13.8. The lowest BCUT2D eigenvalue weighted by Gasteiger charge is -2.11. The summed E-state index contributed by atoms with van der Waals surface area (Å²) < 4.78 is 47.6. The van der Waals surface area contributed by atoms with Gasteiger partial charge in [0, 0.05) is 37.1 Å². The van der Waals surface area contributed by atoms with Crippen LogP contribution in [0.5, 0.6) is 5.75 Å². The standard InChI is InChI=1S/C17H12ClF3N4O/c1-3-14(26-15-12(20)6-9(19)7-13(15)21)17-24-23-16(25(17)2)10-4-5-22-8-11(10)18/h3-8H,1-2H3/b14-3-. The zero-order valence-electron chi connectivity index (χ0n) is 13.7. The summed E-state index contributed by atoms with van der Waals surface area (Å²) in [6.45, 7) is 1.60. The summed E-state index contributed by atoms with van der Waals surface area (Å²) in [5.74, 6) is -3.44. The van der Waals surface area contributed by atoms with Gasteiger partial charge in [-0.2, -0.15) is 0 Å². The van der Waals surface area contributed by atoms with Crippen LogP contribution in [0.2, 0.25) is 5.02 Å². The zero-order valence-corrected chi connectivity index (χ0v) is 14.4. The molecule has 1 aromatic carbocycles. The third-order valence-corrected chi connectivity index (χ3v) is 3.85. The van der Waals surface area contributed by atoms with Crippen LogP contribution in [0.15, 0.2) is 36.7 Å². The minimum absolute atomic E-state index is 0.0424. The van der Waals surface area contributed by atoms with Crippen molar-refractivity contribution in [3.05, 3.63) is 65.0 Å². The highest BCUT2D eigenvalue weighted by Gasteiger charge is 2.21. The Morgan fingerprint density at radius 2 is 1.88 bits per heavy atom. The fourth-order valence-corrected chi connectivity index (χ4v) is 2.51. The molecule has 5 nitrogen and oxygen atoms in total. The minimum Gasteiger partial charge on any atom is -0.448 e. The molecule has 0 fully saturated rings. The Labute approximate surface area is 151 Å². The molecule has 0 N–H and O–H groups in total. The number of rotatable bonds is 4. The molecule has 0 radical (unpaired) electrons. The topological polar surface area (TPSA) is 52.8 Å². The van der Waals surface area contributed by atoms with E-state index in [4.69, 9.17) is 16.3 Å². The van der Waals surface area contributed by atoms with Crippen LogP contribution in [0.4, 0.5) is 13.2 Å². The molecule has 0 amide bonds. The molecule has 0 aliphatic carbocycles. The molecular formula is C17H12ClF3N4O. The smallest absolute Gasteiger partial charge is 0.199 e. The summed E-state index contributed by atoms with van der Waals surface area (Å²) in [5.41, 5.74) is 0.581. The molecule has 3 aromatic rings. The summed E-state index contributed by atoms with van der Waals surface area (Å²) in [6.07, 6.45) is 4.47. The van der Waals surface area contributed by atoms with Crippen LogP contribution in [0.25, 0.3) is 17.1 Å². The van der Waals surface area contributed by atoms with Gasteiger partial charge in [-0.05, 0) is 19.1 Å². The van der Waals surface area contributed by atoms with E-state index in [2.05, 4.69) is 15.2 Å². The quantitative estimate of drug-likeness (QED) is 0.630. The van der Waals surface area contributed by atoms with Gasteiger partial charge in [0.05, 0.1) is 5.02 Å². The Hall–Kier alpha value is -2.87. The average Bonchev–Trinajstić information content (AvgIpc) is 2.96. The van der Waals surface area contributed by atoms with Gasteiger partial charge in [-0.25, -0.2) is 13.2 Å². The van der Waals surface area contributed by atoms with Gasteiger partial charge in [-0.3, -0.25) is 4.98 Å². The first-order chi connectivity index (χ1) is 12.4. The molecule has 3 rings (SSSR count). The molecule has 2 aromatic heterocycles. The second-order valence-corrected chi connectivity index (χ2v) is 5.62. The third kappa shape index (κ3) is 3.28. The molecule has 0 atom stereocenters. The number of aromatic nitrogens is 4. The van der Waals surface area contributed by atoms with Gasteiger partial charge in [-0.1, -0.05) is 11.6 Å². The number of nitrogens with zero attached hydrogens (tertiary/aromatic N) is 4. The molecule has 26 heavy (non-hydrogen) atoms. The summed E-state index contributed by atoms with van der Waals surface area (Å²) in [4.78, 5) is 3.90. The highest BCUT2D eigenvalue weighted by atomic mass is 35.5. The van der Waals surface area contributed by atoms with E-state index in [1.807, 2.05) is 0 Å². The van der Waals surface area contributed by atoms with Crippen molar-refractivity contribution in [2.75, 3.05) is 0 Å². The Morgan fingerprint density at radius 1 is 1.19 bits per heavy atom. The SMILES string of the molecule is C/C=C(\Oc1c(F)cc(F)cc1F)c1nnc(-c2ccncc2Cl)n1C. The van der Waals surface area contributed by atoms with Crippen LogP contribution in [0, 0.1) is 17.5 Å². The first-order valence-corrected chi connectivity index (χ1v) is 7.78. The Kier molecular flexibility index (Phi) is 4.94. The van der Waals surface area contributed by atoms with Crippen molar-refractivity contribution in [1.82, 2.24) is 19.7 Å². The van der Waals surface area contributed by atoms with Gasteiger partial charge in [0.15, 0.2) is 34.8 Å². The zero-order chi connectivity index (χ0) is 18.8. The second kappa shape index (κ2) is 7.17. The monoisotopic (exact) mass is 380 g/mol. The lowest BCUT2D eigenvalue weighted by Crippen LogP contribution is -2.06. The molecule has 134 valence electrons. The van der Waals surface area contributed by atoms with E-state index >= 15 is 0 Å². The van der Waals surface area contributed by atoms with E-state index in [-0.39, 0.29) is 11.6 Å². The number of allylic oxidation sites excluding steroid dienone is 1. The van der Waals surface area contributed by atoms with E-state index in [0.717, 1.165) is 0 Å². The van der Waals surface area contributed by atoms with Crippen molar-refractivity contribution in [3.8, 4) is 17.1 Å². The van der Waals surface area contributed by atoms with Crippen molar-refractivity contribution in [2.45, 2.75) is 6.92 Å². The summed E-state index contributed by atoms with van der Waals surface area (Å²) in [7, 11) is 1.64. The molecule has 2 heterocycles. The fraction of sp³-hybridized carbons (Fsp3) is 0.118. The molecule has 0 spiro atoms. The molecular weight excluding hydrogens is 369 g/mol. The summed E-state index contributed by atoms with van der Waals surface area (Å²) in [6, 6.07) is 2.72. The highest BCUT2D eigenvalue weighted by molar-refractivity contribution is 6.33. The normalized spacial score (nSPS) is 11.7. The van der Waals surface area contributed by atoms with Gasteiger partial charge < -0.3 is 9.30 Å². The fourth-order valence-electron chi connectivity index (χ4n) is 2.30. The van der Waals surface area contributed by atoms with E-state index in [1.54, 1.807) is 30.8 Å². The number of halogens is 4. The molecule has 0 unspecified atom stereocenters. The summed E-state index contributed by atoms with van der Waals surface area (Å²) >= 11 is 6.12. The van der Waals surface area contributed by atoms with E-state index < -0.39 is 23.2 Å². The lowest BCUT2D eigenvalue weighted by atomic mass is 10.2. The maximum Gasteiger partial charge on any atom is 0.199 e. The largest absolute Gasteiger partial charge is 0.448 e. The minimum atomic E-state index is -1.17. The molecule has 9 heteroatoms. The number of ether oxygens (including phenoxy) is 1. The van der Waals surface area contributed by atoms with Crippen molar-refractivity contribution in [2.24, 2.45) is 7.05 Å². The van der Waals surface area contributed by atoms with Crippen molar-refractivity contribution < 1.29 is 17.9 Å². The molecule has 0 saturated carbocycles. The molecule has 0 bridgehead atoms. The van der Waals surface area contributed by atoms with Crippen molar-refractivity contribution in [1.29, 1.82) is 0 Å². The van der Waals surface area contributed by atoms with Crippen molar-refractivity contribution >= 4 is 17.4 Å². The lowest BCUT2D eigenvalue weighted by molar-refractivity contribution is 0.415. The van der Waals surface area contributed by atoms with Crippen LogP contribution in [0.1, 0.15) is 12.7 Å². The number of pyridine rings is 1. The number of hydrogen-bond donors (Lipinski definition) is 0. The predicted molar refractivity (Wildman–Crippen MR) is 89.8 cm³/mol. The van der Waals surface area contributed by atoms with Crippen LogP contribution >= 0.6 is 11.6 Å². The predicted octanol–water partition coefficient (Wildman–Crippen LogP) is 4.39. The Morgan fingerprint density at radius 3 is 2.50 bits per heavy atom. The second-order valence-electron chi connectivity index (χ2n) is 5.22. The highest BCUT2D eigenvalue weighted by Crippen LogP contribution is 2.30. The number of hydrogen-bond acceptors (Lipinski definition) is 4. The van der Waals surface area contributed by atoms with Crippen LogP contribution in [-0.2, 0) is 7.05 Å². The van der Waals surface area contributed by atoms with Gasteiger partial charge in [0.1, 0.15) is 5.82 Å². The van der Waals surface area contributed by atoms with Crippen LogP contribution in [0.3, 0.4) is 0 Å². The van der Waals surface area contributed by atoms with E-state index in [1.165, 1.54) is 12.3 Å². The van der Waals surface area contributed by atoms with E-state index in [0.29, 0.717) is 28.5 Å². The van der Waals surface area contributed by atoms with E-state index in [9.17, 15) is 13.2 Å². The van der Waals surface area contributed by atoms with Gasteiger partial charge in [0.2, 0.25) is 0 Å². The molecule has 0 aliphatic heterocycles. The Bertz CT molecular complexity index is 980. The van der Waals surface area contributed by atoms with Gasteiger partial charge >= 0.3 is 0 Å². The average molecular weight is 381 g/mol. The van der Waals surface area contributed by atoms with Gasteiger partial charge in [0.25, 0.3) is 0 Å². The molecule has 0 saturated heterocycles. The molecule has 0 aliphatic rings.